The molecule has 0 bridgehead atoms. The summed E-state index contributed by atoms with van der Waals surface area (Å²) < 4.78 is 54.6. The fraction of sp³-hybridized carbons (Fsp3) is 0.414. The molecule has 0 aliphatic carbocycles. The summed E-state index contributed by atoms with van der Waals surface area (Å²) in [5, 5.41) is 3.08. The van der Waals surface area contributed by atoms with Crippen molar-refractivity contribution >= 4 is 11.5 Å². The summed E-state index contributed by atoms with van der Waals surface area (Å²) in [5.41, 5.74) is 2.32. The molecule has 1 heterocycles. The highest BCUT2D eigenvalue weighted by Crippen LogP contribution is 2.39. The van der Waals surface area contributed by atoms with Crippen LogP contribution < -0.4 is 5.32 Å². The monoisotopic (exact) mass is 503 g/mol. The van der Waals surface area contributed by atoms with E-state index in [0.717, 1.165) is 17.3 Å². The van der Waals surface area contributed by atoms with Crippen LogP contribution in [0.3, 0.4) is 0 Å². The fourth-order valence-corrected chi connectivity index (χ4v) is 3.95. The van der Waals surface area contributed by atoms with E-state index in [9.17, 15) is 17.6 Å². The maximum absolute atomic E-state index is 13.9. The van der Waals surface area contributed by atoms with Crippen LogP contribution in [-0.2, 0) is 6.18 Å². The lowest BCUT2D eigenvalue weighted by Gasteiger charge is -2.35. The third-order valence-electron chi connectivity index (χ3n) is 6.41. The van der Waals surface area contributed by atoms with E-state index in [0.29, 0.717) is 22.7 Å². The third-order valence-corrected chi connectivity index (χ3v) is 6.41. The first-order chi connectivity index (χ1) is 16.9. The van der Waals surface area contributed by atoms with Gasteiger partial charge in [0.1, 0.15) is 17.8 Å². The highest BCUT2D eigenvalue weighted by atomic mass is 19.4. The molecular weight excluding hydrogens is 466 g/mol. The van der Waals surface area contributed by atoms with Crippen LogP contribution in [-0.4, -0.2) is 17.8 Å². The lowest BCUT2D eigenvalue weighted by Crippen LogP contribution is -2.35. The van der Waals surface area contributed by atoms with Gasteiger partial charge in [0.15, 0.2) is 0 Å². The number of nitrogens with zero attached hydrogens (tertiary/aromatic N) is 2. The van der Waals surface area contributed by atoms with Crippen LogP contribution in [0.25, 0.3) is 5.70 Å². The molecule has 0 spiro atoms. The van der Waals surface area contributed by atoms with Gasteiger partial charge in [-0.05, 0) is 38.5 Å². The van der Waals surface area contributed by atoms with Crippen molar-refractivity contribution in [1.82, 2.24) is 10.2 Å². The van der Waals surface area contributed by atoms with E-state index < -0.39 is 17.9 Å². The Morgan fingerprint density at radius 2 is 1.61 bits per heavy atom. The second-order valence-electron chi connectivity index (χ2n) is 8.98. The van der Waals surface area contributed by atoms with E-state index in [1.54, 1.807) is 37.1 Å². The molecule has 1 unspecified atom stereocenters. The molecule has 2 aromatic rings. The second kappa shape index (κ2) is 12.7. The number of unbranched alkanes of at least 4 members (excludes halogenated alkanes) is 3. The second-order valence-corrected chi connectivity index (χ2v) is 8.98. The lowest BCUT2D eigenvalue weighted by molar-refractivity contribution is -0.138. The maximum atomic E-state index is 13.9. The lowest BCUT2D eigenvalue weighted by atomic mass is 10.0. The van der Waals surface area contributed by atoms with Crippen molar-refractivity contribution in [2.24, 2.45) is 4.99 Å². The fourth-order valence-electron chi connectivity index (χ4n) is 3.95. The smallest absolute Gasteiger partial charge is 0.352 e. The standard InChI is InChI=1S/C23H23F4N3.C6H14/c1-13-16(4)30(5)22(18-9-6-7-11-19(18)23(25,26)27)29-21(13)28-15(3)17-10-8-12-20(24)14(17)2;1-3-5-6-4-2/h6-12,22H,3H2,1-2,4-5H3,(H,28,29);3-6H2,1-2H3. The molecule has 36 heavy (non-hydrogen) atoms. The summed E-state index contributed by atoms with van der Waals surface area (Å²) >= 11 is 0. The number of alkyl halides is 3. The quantitative estimate of drug-likeness (QED) is 0.316. The molecule has 1 aliphatic rings. The molecule has 3 rings (SSSR count). The molecule has 1 aliphatic heterocycles. The summed E-state index contributed by atoms with van der Waals surface area (Å²) in [6, 6.07) is 10.1. The van der Waals surface area contributed by atoms with Gasteiger partial charge in [-0.25, -0.2) is 9.38 Å². The molecule has 0 aromatic heterocycles. The Kier molecular flexibility index (Phi) is 10.3. The van der Waals surface area contributed by atoms with E-state index >= 15 is 0 Å². The Balaban J connectivity index is 0.000000678. The predicted octanol–water partition coefficient (Wildman–Crippen LogP) is 8.64. The molecule has 1 atom stereocenters. The van der Waals surface area contributed by atoms with Gasteiger partial charge in [-0.1, -0.05) is 76.4 Å². The molecule has 196 valence electrons. The minimum atomic E-state index is -4.49. The van der Waals surface area contributed by atoms with Crippen LogP contribution in [0.2, 0.25) is 0 Å². The van der Waals surface area contributed by atoms with Crippen molar-refractivity contribution in [1.29, 1.82) is 0 Å². The van der Waals surface area contributed by atoms with Crippen LogP contribution in [0, 0.1) is 12.7 Å². The summed E-state index contributed by atoms with van der Waals surface area (Å²) in [4.78, 5) is 6.28. The molecule has 3 nitrogen and oxygen atoms in total. The van der Waals surface area contributed by atoms with Crippen molar-refractivity contribution in [2.45, 2.75) is 72.6 Å². The number of hydrogen-bond acceptors (Lipinski definition) is 3. The zero-order chi connectivity index (χ0) is 27.0. The van der Waals surface area contributed by atoms with Crippen LogP contribution in [0.4, 0.5) is 17.6 Å². The van der Waals surface area contributed by atoms with E-state index in [4.69, 9.17) is 0 Å². The number of benzene rings is 2. The maximum Gasteiger partial charge on any atom is 0.416 e. The zero-order valence-corrected chi connectivity index (χ0v) is 22.1. The molecule has 0 amide bonds. The number of amidine groups is 1. The summed E-state index contributed by atoms with van der Waals surface area (Å²) in [7, 11) is 1.71. The molecule has 0 radical (unpaired) electrons. The Hall–Kier alpha value is -3.09. The largest absolute Gasteiger partial charge is 0.416 e. The highest BCUT2D eigenvalue weighted by molar-refractivity contribution is 6.03. The number of nitrogens with one attached hydrogen (secondary N) is 1. The number of halogens is 4. The number of aliphatic imine (C=N–C) groups is 1. The summed E-state index contributed by atoms with van der Waals surface area (Å²) in [6.07, 6.45) is 0.178. The highest BCUT2D eigenvalue weighted by Gasteiger charge is 2.37. The summed E-state index contributed by atoms with van der Waals surface area (Å²) in [6.45, 7) is 13.7. The van der Waals surface area contributed by atoms with Crippen LogP contribution in [0.5, 0.6) is 0 Å². The van der Waals surface area contributed by atoms with Gasteiger partial charge in [-0.2, -0.15) is 13.2 Å². The molecule has 0 saturated carbocycles. The Bertz CT molecular complexity index is 1110. The topological polar surface area (TPSA) is 27.6 Å². The summed E-state index contributed by atoms with van der Waals surface area (Å²) in [5.74, 6) is 0.0439. The minimum absolute atomic E-state index is 0.0613. The van der Waals surface area contributed by atoms with E-state index in [2.05, 4.69) is 30.7 Å². The van der Waals surface area contributed by atoms with Gasteiger partial charge in [0.2, 0.25) is 0 Å². The van der Waals surface area contributed by atoms with Crippen molar-refractivity contribution in [2.75, 3.05) is 7.05 Å². The zero-order valence-electron chi connectivity index (χ0n) is 22.1. The molecule has 1 N–H and O–H groups in total. The van der Waals surface area contributed by atoms with Crippen molar-refractivity contribution < 1.29 is 17.6 Å². The van der Waals surface area contributed by atoms with Crippen molar-refractivity contribution in [3.8, 4) is 0 Å². The van der Waals surface area contributed by atoms with Crippen LogP contribution in [0.15, 0.2) is 65.3 Å². The van der Waals surface area contributed by atoms with E-state index in [-0.39, 0.29) is 11.4 Å². The Morgan fingerprint density at radius 3 is 2.19 bits per heavy atom. The number of hydrogen-bond donors (Lipinski definition) is 1. The average Bonchev–Trinajstić information content (AvgIpc) is 2.84. The van der Waals surface area contributed by atoms with Gasteiger partial charge in [0, 0.05) is 35.1 Å². The van der Waals surface area contributed by atoms with Crippen LogP contribution in [0.1, 0.15) is 81.8 Å². The molecule has 0 saturated heterocycles. The predicted molar refractivity (Wildman–Crippen MR) is 141 cm³/mol. The Labute approximate surface area is 212 Å². The molecule has 7 heteroatoms. The first-order valence-corrected chi connectivity index (χ1v) is 12.3. The van der Waals surface area contributed by atoms with Crippen molar-refractivity contribution in [3.63, 3.8) is 0 Å². The molecule has 2 aromatic carbocycles. The van der Waals surface area contributed by atoms with Gasteiger partial charge in [0.05, 0.1) is 5.56 Å². The van der Waals surface area contributed by atoms with Crippen LogP contribution >= 0.6 is 0 Å². The van der Waals surface area contributed by atoms with Gasteiger partial charge in [0.25, 0.3) is 0 Å². The van der Waals surface area contributed by atoms with E-state index in [1.807, 2.05) is 13.8 Å². The number of allylic oxidation sites excluding steroid dienone is 1. The van der Waals surface area contributed by atoms with E-state index in [1.165, 1.54) is 43.9 Å². The Morgan fingerprint density at radius 1 is 1.00 bits per heavy atom. The van der Waals surface area contributed by atoms with Gasteiger partial charge < -0.3 is 10.2 Å². The SMILES string of the molecule is C=C(NC1=NC(c2ccccc2C(F)(F)F)N(C)C(C)=C1C)c1cccc(F)c1C.CCCCCC. The average molecular weight is 504 g/mol. The van der Waals surface area contributed by atoms with Gasteiger partial charge in [-0.15, -0.1) is 0 Å². The first kappa shape index (κ1) is 29.1. The number of rotatable bonds is 6. The third kappa shape index (κ3) is 6.99. The molecule has 0 fully saturated rings. The van der Waals surface area contributed by atoms with Gasteiger partial charge >= 0.3 is 6.18 Å². The normalized spacial score (nSPS) is 15.8. The van der Waals surface area contributed by atoms with Gasteiger partial charge in [-0.3, -0.25) is 0 Å². The molecular formula is C29H37F4N3. The first-order valence-electron chi connectivity index (χ1n) is 12.3. The minimum Gasteiger partial charge on any atom is -0.352 e. The van der Waals surface area contributed by atoms with Crippen molar-refractivity contribution in [3.05, 3.63) is 88.4 Å².